The van der Waals surface area contributed by atoms with E-state index in [1.807, 2.05) is 44.2 Å². The highest BCUT2D eigenvalue weighted by Crippen LogP contribution is 2.40. The Bertz CT molecular complexity index is 1290. The van der Waals surface area contributed by atoms with Crippen molar-refractivity contribution in [3.8, 4) is 0 Å². The molecular formula is C24H20ClNO3S2. The Kier molecular flexibility index (Phi) is 5.97. The molecule has 1 amide bonds. The summed E-state index contributed by atoms with van der Waals surface area (Å²) < 4.78 is 26.1. The highest BCUT2D eigenvalue weighted by molar-refractivity contribution is 8.04. The van der Waals surface area contributed by atoms with Crippen LogP contribution in [0.4, 0.5) is 5.69 Å². The van der Waals surface area contributed by atoms with Crippen LogP contribution in [0.1, 0.15) is 22.3 Å². The first-order valence-corrected chi connectivity index (χ1v) is 12.5. The summed E-state index contributed by atoms with van der Waals surface area (Å²) in [4.78, 5) is 14.1. The second-order valence-corrected chi connectivity index (χ2v) is 10.9. The van der Waals surface area contributed by atoms with E-state index in [-0.39, 0.29) is 16.6 Å². The van der Waals surface area contributed by atoms with E-state index >= 15 is 0 Å². The molecule has 0 saturated heterocycles. The number of rotatable bonds is 4. The average Bonchev–Trinajstić information content (AvgIpc) is 2.72. The number of fused-ring (bicyclic) bond motifs is 1. The molecule has 7 heteroatoms. The molecule has 158 valence electrons. The molecule has 4 nitrogen and oxygen atoms in total. The molecule has 4 rings (SSSR count). The largest absolute Gasteiger partial charge is 0.320 e. The smallest absolute Gasteiger partial charge is 0.262 e. The molecule has 0 aromatic heterocycles. The van der Waals surface area contributed by atoms with Crippen LogP contribution in [0.2, 0.25) is 5.02 Å². The molecule has 31 heavy (non-hydrogen) atoms. The molecule has 3 aromatic rings. The molecule has 0 fully saturated rings. The summed E-state index contributed by atoms with van der Waals surface area (Å²) in [5.74, 6) is -0.343. The maximum Gasteiger partial charge on any atom is 0.262 e. The van der Waals surface area contributed by atoms with Crippen molar-refractivity contribution >= 4 is 50.9 Å². The zero-order valence-electron chi connectivity index (χ0n) is 17.0. The van der Waals surface area contributed by atoms with Gasteiger partial charge < -0.3 is 5.32 Å². The third-order valence-corrected chi connectivity index (χ3v) is 8.14. The predicted molar refractivity (Wildman–Crippen MR) is 127 cm³/mol. The van der Waals surface area contributed by atoms with Crippen LogP contribution in [0.15, 0.2) is 75.4 Å². The van der Waals surface area contributed by atoms with E-state index in [0.717, 1.165) is 27.1 Å². The second-order valence-electron chi connectivity index (χ2n) is 7.40. The number of hydrogen-bond donors (Lipinski definition) is 1. The molecule has 1 aliphatic heterocycles. The number of sulfone groups is 1. The Balaban J connectivity index is 1.62. The van der Waals surface area contributed by atoms with Crippen molar-refractivity contribution < 1.29 is 13.2 Å². The van der Waals surface area contributed by atoms with Gasteiger partial charge in [0.1, 0.15) is 0 Å². The molecule has 0 spiro atoms. The van der Waals surface area contributed by atoms with Gasteiger partial charge in [0.15, 0.2) is 9.84 Å². The minimum absolute atomic E-state index is 0.0763. The number of nitrogens with one attached hydrogen (secondary N) is 1. The third-order valence-electron chi connectivity index (χ3n) is 5.15. The number of benzene rings is 3. The van der Waals surface area contributed by atoms with Gasteiger partial charge in [0.05, 0.1) is 21.2 Å². The topological polar surface area (TPSA) is 63.2 Å². The van der Waals surface area contributed by atoms with Crippen molar-refractivity contribution in [3.05, 3.63) is 92.8 Å². The number of carbonyl (C=O) groups is 1. The fraction of sp³-hybridized carbons (Fsp3) is 0.125. The van der Waals surface area contributed by atoms with Gasteiger partial charge in [-0.15, -0.1) is 0 Å². The molecule has 1 heterocycles. The van der Waals surface area contributed by atoms with Gasteiger partial charge in [-0.2, -0.15) is 0 Å². The Labute approximate surface area is 191 Å². The number of anilines is 1. The summed E-state index contributed by atoms with van der Waals surface area (Å²) in [5.41, 5.74) is 4.07. The summed E-state index contributed by atoms with van der Waals surface area (Å²) in [7, 11) is -3.56. The van der Waals surface area contributed by atoms with Crippen molar-refractivity contribution in [2.45, 2.75) is 29.4 Å². The summed E-state index contributed by atoms with van der Waals surface area (Å²) >= 11 is 7.23. The summed E-state index contributed by atoms with van der Waals surface area (Å²) in [6.45, 7) is 3.83. The van der Waals surface area contributed by atoms with Crippen molar-refractivity contribution in [1.82, 2.24) is 0 Å². The van der Waals surface area contributed by atoms with Gasteiger partial charge in [-0.1, -0.05) is 53.7 Å². The van der Waals surface area contributed by atoms with Gasteiger partial charge in [0.25, 0.3) is 5.91 Å². The summed E-state index contributed by atoms with van der Waals surface area (Å²) in [6.07, 6.45) is 1.78. The van der Waals surface area contributed by atoms with Crippen molar-refractivity contribution in [3.63, 3.8) is 0 Å². The number of hydrogen-bond acceptors (Lipinski definition) is 4. The van der Waals surface area contributed by atoms with Crippen molar-refractivity contribution in [2.24, 2.45) is 0 Å². The monoisotopic (exact) mass is 469 g/mol. The first kappa shape index (κ1) is 21.7. The van der Waals surface area contributed by atoms with Crippen molar-refractivity contribution in [1.29, 1.82) is 0 Å². The number of aryl methyl sites for hydroxylation is 2. The fourth-order valence-electron chi connectivity index (χ4n) is 3.39. The third kappa shape index (κ3) is 4.71. The van der Waals surface area contributed by atoms with Gasteiger partial charge >= 0.3 is 0 Å². The van der Waals surface area contributed by atoms with Crippen LogP contribution >= 0.6 is 23.4 Å². The SMILES string of the molecule is Cc1cccc(C)c1CS(=O)(=O)c1ccc2c(c1)NC(=O)/C(=C/c1ccc(Cl)cc1)S2. The zero-order valence-corrected chi connectivity index (χ0v) is 19.4. The highest BCUT2D eigenvalue weighted by atomic mass is 35.5. The Morgan fingerprint density at radius 3 is 2.35 bits per heavy atom. The zero-order chi connectivity index (χ0) is 22.2. The van der Waals surface area contributed by atoms with Gasteiger partial charge in [-0.25, -0.2) is 8.42 Å². The molecule has 1 aliphatic rings. The number of carbonyl (C=O) groups excluding carboxylic acids is 1. The van der Waals surface area contributed by atoms with Crippen LogP contribution in [0.3, 0.4) is 0 Å². The highest BCUT2D eigenvalue weighted by Gasteiger charge is 2.24. The minimum atomic E-state index is -3.56. The predicted octanol–water partition coefficient (Wildman–Crippen LogP) is 6.02. The molecular weight excluding hydrogens is 450 g/mol. The number of amides is 1. The molecule has 0 unspecified atom stereocenters. The van der Waals surface area contributed by atoms with E-state index in [2.05, 4.69) is 5.32 Å². The van der Waals surface area contributed by atoms with Crippen LogP contribution in [0.25, 0.3) is 6.08 Å². The van der Waals surface area contributed by atoms with Crippen LogP contribution < -0.4 is 5.32 Å². The van der Waals surface area contributed by atoms with E-state index in [9.17, 15) is 13.2 Å². The first-order valence-electron chi connectivity index (χ1n) is 9.61. The molecule has 3 aromatic carbocycles. The summed E-state index contributed by atoms with van der Waals surface area (Å²) in [6, 6.07) is 17.8. The standard InChI is InChI=1S/C24H20ClNO3S2/c1-15-4-3-5-16(2)20(15)14-31(28,29)19-10-11-22-21(13-19)26-24(27)23(30-22)12-17-6-8-18(25)9-7-17/h3-13H,14H2,1-2H3,(H,26,27)/b23-12-. The maximum atomic E-state index is 13.1. The van der Waals surface area contributed by atoms with E-state index in [1.165, 1.54) is 11.8 Å². The van der Waals surface area contributed by atoms with E-state index in [1.54, 1.807) is 36.4 Å². The first-order chi connectivity index (χ1) is 14.7. The normalized spacial score (nSPS) is 14.9. The lowest BCUT2D eigenvalue weighted by molar-refractivity contribution is -0.112. The minimum Gasteiger partial charge on any atom is -0.320 e. The fourth-order valence-corrected chi connectivity index (χ4v) is 6.03. The lowest BCUT2D eigenvalue weighted by Gasteiger charge is -2.20. The van der Waals surface area contributed by atoms with Crippen LogP contribution in [0, 0.1) is 13.8 Å². The van der Waals surface area contributed by atoms with Crippen LogP contribution in [-0.4, -0.2) is 14.3 Å². The Morgan fingerprint density at radius 2 is 1.68 bits per heavy atom. The molecule has 0 aliphatic carbocycles. The van der Waals surface area contributed by atoms with E-state index in [4.69, 9.17) is 11.6 Å². The van der Waals surface area contributed by atoms with E-state index < -0.39 is 9.84 Å². The molecule has 0 atom stereocenters. The van der Waals surface area contributed by atoms with Gasteiger partial charge in [0, 0.05) is 9.92 Å². The number of thioether (sulfide) groups is 1. The van der Waals surface area contributed by atoms with Crippen LogP contribution in [-0.2, 0) is 20.4 Å². The average molecular weight is 470 g/mol. The lowest BCUT2D eigenvalue weighted by Crippen LogP contribution is -2.18. The maximum absolute atomic E-state index is 13.1. The summed E-state index contributed by atoms with van der Waals surface area (Å²) in [5, 5.41) is 3.45. The molecule has 1 N–H and O–H groups in total. The molecule has 0 radical (unpaired) electrons. The molecule has 0 saturated carbocycles. The lowest BCUT2D eigenvalue weighted by atomic mass is 10.1. The van der Waals surface area contributed by atoms with Crippen molar-refractivity contribution in [2.75, 3.05) is 5.32 Å². The van der Waals surface area contributed by atoms with E-state index in [0.29, 0.717) is 15.6 Å². The Morgan fingerprint density at radius 1 is 1.00 bits per heavy atom. The quantitative estimate of drug-likeness (QED) is 0.475. The Hall–Kier alpha value is -2.54. The second kappa shape index (κ2) is 8.54. The van der Waals surface area contributed by atoms with Gasteiger partial charge in [-0.05, 0) is 72.5 Å². The number of halogens is 1. The molecule has 0 bridgehead atoms. The van der Waals surface area contributed by atoms with Crippen LogP contribution in [0.5, 0.6) is 0 Å². The van der Waals surface area contributed by atoms with Gasteiger partial charge in [-0.3, -0.25) is 4.79 Å². The van der Waals surface area contributed by atoms with Gasteiger partial charge in [0.2, 0.25) is 0 Å².